The van der Waals surface area contributed by atoms with Crippen molar-refractivity contribution >= 4 is 5.97 Å². The van der Waals surface area contributed by atoms with Gasteiger partial charge in [-0.05, 0) is 38.8 Å². The van der Waals surface area contributed by atoms with Crippen LogP contribution in [-0.4, -0.2) is 25.8 Å². The molecule has 0 aliphatic carbocycles. The Morgan fingerprint density at radius 1 is 0.958 bits per heavy atom. The third kappa shape index (κ3) is 8.49. The van der Waals surface area contributed by atoms with Crippen LogP contribution in [0.3, 0.4) is 0 Å². The molecule has 3 nitrogen and oxygen atoms in total. The summed E-state index contributed by atoms with van der Waals surface area (Å²) in [7, 11) is 1.66. The molecule has 0 radical (unpaired) electrons. The Kier molecular flexibility index (Phi) is 10.4. The largest absolute Gasteiger partial charge is 0.456 e. The summed E-state index contributed by atoms with van der Waals surface area (Å²) in [6, 6.07) is 5.82. The first-order valence-electron chi connectivity index (χ1n) is 9.35. The van der Waals surface area contributed by atoms with Crippen molar-refractivity contribution in [2.75, 3.05) is 13.7 Å². The lowest BCUT2D eigenvalue weighted by Gasteiger charge is -2.17. The van der Waals surface area contributed by atoms with Gasteiger partial charge in [-0.2, -0.15) is 0 Å². The molecule has 1 rings (SSSR count). The second kappa shape index (κ2) is 12.1. The van der Waals surface area contributed by atoms with Crippen LogP contribution in [0.2, 0.25) is 0 Å². The Labute approximate surface area is 147 Å². The lowest BCUT2D eigenvalue weighted by Crippen LogP contribution is -2.23. The van der Waals surface area contributed by atoms with Crippen LogP contribution in [0.5, 0.6) is 0 Å². The third-order valence-electron chi connectivity index (χ3n) is 4.21. The Morgan fingerprint density at radius 2 is 1.54 bits per heavy atom. The number of carbonyl (C=O) groups excluding carboxylic acids is 1. The van der Waals surface area contributed by atoms with Crippen molar-refractivity contribution < 1.29 is 14.3 Å². The molecule has 0 bridgehead atoms. The number of unbranched alkanes of at least 4 members (excludes halogenated alkanes) is 6. The topological polar surface area (TPSA) is 35.5 Å². The molecule has 0 spiro atoms. The maximum atomic E-state index is 12.4. The molecular weight excluding hydrogens is 300 g/mol. The Morgan fingerprint density at radius 3 is 2.12 bits per heavy atom. The van der Waals surface area contributed by atoms with Crippen molar-refractivity contribution in [1.29, 1.82) is 0 Å². The normalized spacial score (nSPS) is 12.2. The van der Waals surface area contributed by atoms with Crippen LogP contribution in [0.25, 0.3) is 0 Å². The SMILES string of the molecule is CCCCCCCCCC(COC)OC(=O)c1cc(C)cc(C)c1. The van der Waals surface area contributed by atoms with Gasteiger partial charge >= 0.3 is 5.97 Å². The molecule has 136 valence electrons. The minimum absolute atomic E-state index is 0.154. The summed E-state index contributed by atoms with van der Waals surface area (Å²) in [6.45, 7) is 6.69. The molecule has 3 heteroatoms. The monoisotopic (exact) mass is 334 g/mol. The molecule has 0 heterocycles. The first kappa shape index (κ1) is 20.7. The number of aryl methyl sites for hydroxylation is 2. The second-order valence-electron chi connectivity index (χ2n) is 6.77. The third-order valence-corrected chi connectivity index (χ3v) is 4.21. The van der Waals surface area contributed by atoms with E-state index in [1.165, 1.54) is 38.5 Å². The van der Waals surface area contributed by atoms with Gasteiger partial charge in [0.05, 0.1) is 12.2 Å². The van der Waals surface area contributed by atoms with Crippen molar-refractivity contribution in [3.8, 4) is 0 Å². The zero-order valence-corrected chi connectivity index (χ0v) is 15.9. The average molecular weight is 335 g/mol. The van der Waals surface area contributed by atoms with Gasteiger partial charge in [0, 0.05) is 7.11 Å². The first-order chi connectivity index (χ1) is 11.6. The highest BCUT2D eigenvalue weighted by molar-refractivity contribution is 5.90. The van der Waals surface area contributed by atoms with E-state index in [2.05, 4.69) is 13.0 Å². The molecule has 0 aliphatic heterocycles. The number of benzene rings is 1. The highest BCUT2D eigenvalue weighted by Gasteiger charge is 2.16. The highest BCUT2D eigenvalue weighted by atomic mass is 16.6. The van der Waals surface area contributed by atoms with E-state index in [1.807, 2.05) is 26.0 Å². The van der Waals surface area contributed by atoms with Crippen LogP contribution >= 0.6 is 0 Å². The van der Waals surface area contributed by atoms with E-state index in [9.17, 15) is 4.79 Å². The van der Waals surface area contributed by atoms with Crippen LogP contribution in [-0.2, 0) is 9.47 Å². The quantitative estimate of drug-likeness (QED) is 0.368. The van der Waals surface area contributed by atoms with Crippen LogP contribution in [0.15, 0.2) is 18.2 Å². The molecule has 0 aliphatic rings. The van der Waals surface area contributed by atoms with Gasteiger partial charge in [0.2, 0.25) is 0 Å². The van der Waals surface area contributed by atoms with E-state index < -0.39 is 0 Å². The molecule has 0 saturated heterocycles. The minimum Gasteiger partial charge on any atom is -0.456 e. The molecule has 1 unspecified atom stereocenters. The van der Waals surface area contributed by atoms with Gasteiger partial charge in [0.15, 0.2) is 0 Å². The molecule has 0 N–H and O–H groups in total. The predicted octanol–water partition coefficient (Wildman–Crippen LogP) is 5.62. The smallest absolute Gasteiger partial charge is 0.338 e. The molecule has 0 saturated carbocycles. The van der Waals surface area contributed by atoms with Gasteiger partial charge in [0.25, 0.3) is 0 Å². The number of carbonyl (C=O) groups is 1. The Bertz CT molecular complexity index is 462. The first-order valence-corrected chi connectivity index (χ1v) is 9.35. The van der Waals surface area contributed by atoms with E-state index in [0.717, 1.165) is 24.0 Å². The van der Waals surface area contributed by atoms with Crippen LogP contribution in [0.4, 0.5) is 0 Å². The summed E-state index contributed by atoms with van der Waals surface area (Å²) >= 11 is 0. The Balaban J connectivity index is 2.40. The zero-order valence-electron chi connectivity index (χ0n) is 15.9. The van der Waals surface area contributed by atoms with Gasteiger partial charge < -0.3 is 9.47 Å². The molecule has 0 amide bonds. The molecule has 0 fully saturated rings. The van der Waals surface area contributed by atoms with Gasteiger partial charge in [-0.3, -0.25) is 0 Å². The number of ether oxygens (including phenoxy) is 2. The van der Waals surface area contributed by atoms with Gasteiger partial charge in [-0.25, -0.2) is 4.79 Å². The fourth-order valence-corrected chi connectivity index (χ4v) is 3.00. The summed E-state index contributed by atoms with van der Waals surface area (Å²) in [6.07, 6.45) is 9.53. The molecule has 1 atom stereocenters. The maximum Gasteiger partial charge on any atom is 0.338 e. The fraction of sp³-hybridized carbons (Fsp3) is 0.667. The van der Waals surface area contributed by atoms with Crippen molar-refractivity contribution in [3.63, 3.8) is 0 Å². The van der Waals surface area contributed by atoms with E-state index in [0.29, 0.717) is 12.2 Å². The van der Waals surface area contributed by atoms with E-state index >= 15 is 0 Å². The maximum absolute atomic E-state index is 12.4. The van der Waals surface area contributed by atoms with Gasteiger partial charge in [-0.1, -0.05) is 62.6 Å². The molecule has 0 aromatic heterocycles. The summed E-state index contributed by atoms with van der Waals surface area (Å²) in [5.41, 5.74) is 2.79. The number of hydrogen-bond donors (Lipinski definition) is 0. The van der Waals surface area contributed by atoms with Crippen molar-refractivity contribution in [1.82, 2.24) is 0 Å². The predicted molar refractivity (Wildman–Crippen MR) is 99.6 cm³/mol. The van der Waals surface area contributed by atoms with Crippen LogP contribution in [0, 0.1) is 13.8 Å². The zero-order chi connectivity index (χ0) is 17.8. The molecule has 24 heavy (non-hydrogen) atoms. The Hall–Kier alpha value is -1.35. The summed E-state index contributed by atoms with van der Waals surface area (Å²) in [4.78, 5) is 12.4. The van der Waals surface area contributed by atoms with Crippen molar-refractivity contribution in [2.45, 2.75) is 78.2 Å². The second-order valence-corrected chi connectivity index (χ2v) is 6.77. The van der Waals surface area contributed by atoms with Crippen molar-refractivity contribution in [2.24, 2.45) is 0 Å². The van der Waals surface area contributed by atoms with E-state index in [-0.39, 0.29) is 12.1 Å². The molecule has 1 aromatic carbocycles. The lowest BCUT2D eigenvalue weighted by molar-refractivity contribution is 0.00235. The van der Waals surface area contributed by atoms with Gasteiger partial charge in [-0.15, -0.1) is 0 Å². The fourth-order valence-electron chi connectivity index (χ4n) is 3.00. The number of esters is 1. The summed E-state index contributed by atoms with van der Waals surface area (Å²) in [5.74, 6) is -0.244. The van der Waals surface area contributed by atoms with E-state index in [1.54, 1.807) is 7.11 Å². The number of methoxy groups -OCH3 is 1. The van der Waals surface area contributed by atoms with Crippen LogP contribution in [0.1, 0.15) is 79.8 Å². The summed E-state index contributed by atoms with van der Waals surface area (Å²) < 4.78 is 10.9. The van der Waals surface area contributed by atoms with Gasteiger partial charge in [0.1, 0.15) is 6.10 Å². The van der Waals surface area contributed by atoms with Crippen LogP contribution < -0.4 is 0 Å². The van der Waals surface area contributed by atoms with Crippen molar-refractivity contribution in [3.05, 3.63) is 34.9 Å². The average Bonchev–Trinajstić information content (AvgIpc) is 2.53. The lowest BCUT2D eigenvalue weighted by atomic mass is 10.1. The summed E-state index contributed by atoms with van der Waals surface area (Å²) in [5, 5.41) is 0. The van der Waals surface area contributed by atoms with E-state index in [4.69, 9.17) is 9.47 Å². The minimum atomic E-state index is -0.244. The highest BCUT2D eigenvalue weighted by Crippen LogP contribution is 2.15. The number of hydrogen-bond acceptors (Lipinski definition) is 3. The number of rotatable bonds is 12. The standard InChI is InChI=1S/C21H34O3/c1-5-6-7-8-9-10-11-12-20(16-23-4)24-21(22)19-14-17(2)13-18(3)15-19/h13-15,20H,5-12,16H2,1-4H3. The molecular formula is C21H34O3. The molecule has 1 aromatic rings.